The average molecular weight is 376 g/mol. The Hall–Kier alpha value is -3.30. The third-order valence-electron chi connectivity index (χ3n) is 5.34. The minimum atomic E-state index is 1.23. The lowest BCUT2D eigenvalue weighted by atomic mass is 9.96. The number of imidazole rings is 1. The summed E-state index contributed by atoms with van der Waals surface area (Å²) in [6, 6.07) is 28.8. The van der Waals surface area contributed by atoms with Crippen molar-refractivity contribution >= 4 is 55.0 Å². The van der Waals surface area contributed by atoms with Crippen molar-refractivity contribution in [3.05, 3.63) is 97.6 Å². The molecule has 2 nitrogen and oxygen atoms in total. The molecular formula is C25H16N2S. The van der Waals surface area contributed by atoms with Crippen molar-refractivity contribution in [2.24, 2.45) is 0 Å². The van der Waals surface area contributed by atoms with E-state index in [9.17, 15) is 0 Å². The molecule has 0 N–H and O–H groups in total. The molecule has 0 radical (unpaired) electrons. The quantitative estimate of drug-likeness (QED) is 0.238. The summed E-state index contributed by atoms with van der Waals surface area (Å²) in [7, 11) is 0. The fourth-order valence-electron chi connectivity index (χ4n) is 3.99. The van der Waals surface area contributed by atoms with E-state index in [2.05, 4.69) is 83.8 Å². The number of aromatic nitrogens is 2. The molecule has 6 aromatic rings. The minimum absolute atomic E-state index is 1.23. The van der Waals surface area contributed by atoms with Gasteiger partial charge in [0.1, 0.15) is 6.33 Å². The summed E-state index contributed by atoms with van der Waals surface area (Å²) in [5, 5.41) is 10.3. The summed E-state index contributed by atoms with van der Waals surface area (Å²) < 4.78 is 2.04. The second-order valence-electron chi connectivity index (χ2n) is 7.05. The molecule has 5 aromatic carbocycles. The molecule has 1 heterocycles. The highest BCUT2D eigenvalue weighted by atomic mass is 32.2. The highest BCUT2D eigenvalue weighted by Crippen LogP contribution is 2.35. The number of hydrogen-bond acceptors (Lipinski definition) is 2. The molecule has 3 heteroatoms. The smallest absolute Gasteiger partial charge is 0.105 e. The van der Waals surface area contributed by atoms with E-state index in [-0.39, 0.29) is 0 Å². The molecule has 6 rings (SSSR count). The zero-order valence-electron chi connectivity index (χ0n) is 15.0. The van der Waals surface area contributed by atoms with E-state index in [1.165, 1.54) is 48.0 Å². The molecule has 28 heavy (non-hydrogen) atoms. The van der Waals surface area contributed by atoms with Crippen LogP contribution in [0.3, 0.4) is 0 Å². The first kappa shape index (κ1) is 15.7. The van der Waals surface area contributed by atoms with Crippen LogP contribution in [-0.4, -0.2) is 8.96 Å². The van der Waals surface area contributed by atoms with Crippen molar-refractivity contribution in [1.82, 2.24) is 8.96 Å². The number of benzene rings is 5. The average Bonchev–Trinajstić information content (AvgIpc) is 3.24. The van der Waals surface area contributed by atoms with Gasteiger partial charge in [0.25, 0.3) is 0 Å². The van der Waals surface area contributed by atoms with Gasteiger partial charge in [-0.15, -0.1) is 0 Å². The summed E-state index contributed by atoms with van der Waals surface area (Å²) >= 11 is 1.69. The number of hydrogen-bond donors (Lipinski definition) is 0. The van der Waals surface area contributed by atoms with Crippen molar-refractivity contribution in [1.29, 1.82) is 0 Å². The van der Waals surface area contributed by atoms with E-state index in [1.807, 2.05) is 22.7 Å². The Labute approximate surface area is 166 Å². The Kier molecular flexibility index (Phi) is 3.43. The second-order valence-corrected chi connectivity index (χ2v) is 8.09. The lowest BCUT2D eigenvalue weighted by Crippen LogP contribution is -1.86. The molecule has 0 spiro atoms. The molecule has 0 bridgehead atoms. The van der Waals surface area contributed by atoms with Gasteiger partial charge in [-0.2, -0.15) is 0 Å². The van der Waals surface area contributed by atoms with Gasteiger partial charge >= 0.3 is 0 Å². The lowest BCUT2D eigenvalue weighted by molar-refractivity contribution is 1.22. The predicted octanol–water partition coefficient (Wildman–Crippen LogP) is 7.05. The van der Waals surface area contributed by atoms with Crippen LogP contribution in [0.1, 0.15) is 0 Å². The summed E-state index contributed by atoms with van der Waals surface area (Å²) in [6.45, 7) is 0. The van der Waals surface area contributed by atoms with Crippen LogP contribution in [0.5, 0.6) is 0 Å². The van der Waals surface area contributed by atoms with Gasteiger partial charge in [0.2, 0.25) is 0 Å². The third-order valence-corrected chi connectivity index (χ3v) is 6.32. The fraction of sp³-hybridized carbons (Fsp3) is 0. The largest absolute Gasteiger partial charge is 0.276 e. The van der Waals surface area contributed by atoms with Crippen molar-refractivity contribution in [2.45, 2.75) is 4.90 Å². The zero-order valence-corrected chi connectivity index (χ0v) is 15.9. The van der Waals surface area contributed by atoms with Gasteiger partial charge in [0, 0.05) is 17.3 Å². The molecule has 1 aromatic heterocycles. The van der Waals surface area contributed by atoms with Crippen LogP contribution in [0.4, 0.5) is 0 Å². The molecule has 0 aliphatic carbocycles. The van der Waals surface area contributed by atoms with Crippen molar-refractivity contribution in [3.63, 3.8) is 0 Å². The Morgan fingerprint density at radius 2 is 1.29 bits per heavy atom. The van der Waals surface area contributed by atoms with Crippen LogP contribution in [-0.2, 0) is 0 Å². The van der Waals surface area contributed by atoms with E-state index < -0.39 is 0 Å². The molecule has 0 saturated carbocycles. The molecule has 0 atom stereocenters. The fourth-order valence-corrected chi connectivity index (χ4v) is 4.85. The maximum atomic E-state index is 4.16. The van der Waals surface area contributed by atoms with Gasteiger partial charge in [0.15, 0.2) is 0 Å². The van der Waals surface area contributed by atoms with Crippen LogP contribution >= 0.6 is 11.9 Å². The Morgan fingerprint density at radius 3 is 2.07 bits per heavy atom. The molecule has 0 aliphatic heterocycles. The summed E-state index contributed by atoms with van der Waals surface area (Å²) in [5.74, 6) is 0. The number of rotatable bonds is 2. The van der Waals surface area contributed by atoms with E-state index in [1.54, 1.807) is 11.9 Å². The first-order valence-electron chi connectivity index (χ1n) is 9.29. The number of fused-ring (bicyclic) bond motifs is 5. The zero-order chi connectivity index (χ0) is 18.5. The van der Waals surface area contributed by atoms with Crippen LogP contribution in [0.25, 0.3) is 43.1 Å². The van der Waals surface area contributed by atoms with Crippen LogP contribution < -0.4 is 0 Å². The normalized spacial score (nSPS) is 11.7. The van der Waals surface area contributed by atoms with Gasteiger partial charge in [-0.1, -0.05) is 48.5 Å². The highest BCUT2D eigenvalue weighted by molar-refractivity contribution is 7.98. The first-order chi connectivity index (χ1) is 13.8. The van der Waals surface area contributed by atoms with Crippen LogP contribution in [0.15, 0.2) is 102 Å². The van der Waals surface area contributed by atoms with Crippen molar-refractivity contribution in [3.8, 4) is 0 Å². The minimum Gasteiger partial charge on any atom is -0.276 e. The first-order valence-corrected chi connectivity index (χ1v) is 10.1. The topological polar surface area (TPSA) is 17.8 Å². The van der Waals surface area contributed by atoms with Gasteiger partial charge in [-0.25, -0.2) is 4.98 Å². The van der Waals surface area contributed by atoms with Crippen LogP contribution in [0.2, 0.25) is 0 Å². The maximum Gasteiger partial charge on any atom is 0.105 e. The standard InChI is InChI=1S/C25H16N2S/c1-2-5-18-14-22-20(12-17(18)4-1)8-9-21-13-19-6-3-7-25(24(19)15-23(21)22)28-27-11-10-26-16-27/h1-16H. The lowest BCUT2D eigenvalue weighted by Gasteiger charge is -2.11. The van der Waals surface area contributed by atoms with Crippen molar-refractivity contribution in [2.75, 3.05) is 0 Å². The van der Waals surface area contributed by atoms with E-state index in [0.717, 1.165) is 0 Å². The van der Waals surface area contributed by atoms with Crippen molar-refractivity contribution < 1.29 is 0 Å². The molecule has 0 saturated heterocycles. The van der Waals surface area contributed by atoms with Gasteiger partial charge in [-0.05, 0) is 85.4 Å². The van der Waals surface area contributed by atoms with Crippen LogP contribution in [0, 0.1) is 0 Å². The monoisotopic (exact) mass is 376 g/mol. The second kappa shape index (κ2) is 6.11. The Bertz CT molecular complexity index is 1480. The summed E-state index contributed by atoms with van der Waals surface area (Å²) in [6.07, 6.45) is 5.63. The summed E-state index contributed by atoms with van der Waals surface area (Å²) in [4.78, 5) is 5.39. The summed E-state index contributed by atoms with van der Waals surface area (Å²) in [5.41, 5.74) is 0. The van der Waals surface area contributed by atoms with E-state index >= 15 is 0 Å². The van der Waals surface area contributed by atoms with E-state index in [4.69, 9.17) is 0 Å². The van der Waals surface area contributed by atoms with E-state index in [0.29, 0.717) is 0 Å². The number of nitrogens with zero attached hydrogens (tertiary/aromatic N) is 2. The molecular weight excluding hydrogens is 360 g/mol. The van der Waals surface area contributed by atoms with Gasteiger partial charge < -0.3 is 0 Å². The predicted molar refractivity (Wildman–Crippen MR) is 120 cm³/mol. The maximum absolute atomic E-state index is 4.16. The molecule has 0 fully saturated rings. The Morgan fingerprint density at radius 1 is 0.607 bits per heavy atom. The SMILES string of the molecule is c1ccc2cc3c(ccc4cc5cccc(Sn6ccnc6)c5cc43)cc2c1. The van der Waals surface area contributed by atoms with Gasteiger partial charge in [-0.3, -0.25) is 3.97 Å². The third kappa shape index (κ3) is 2.48. The Balaban J connectivity index is 1.67. The highest BCUT2D eigenvalue weighted by Gasteiger charge is 2.08. The van der Waals surface area contributed by atoms with Gasteiger partial charge in [0.05, 0.1) is 0 Å². The molecule has 0 unspecified atom stereocenters. The molecule has 0 amide bonds. The molecule has 132 valence electrons. The molecule has 0 aliphatic rings.